The second-order valence-electron chi connectivity index (χ2n) is 5.42. The number of rotatable bonds is 3. The minimum Gasteiger partial charge on any atom is -0.497 e. The molecule has 94 valence electrons. The molecule has 0 bridgehead atoms. The number of nitrogens with one attached hydrogen (secondary N) is 1. The van der Waals surface area contributed by atoms with E-state index in [1.54, 1.807) is 7.11 Å². The molecule has 1 N–H and O–H groups in total. The van der Waals surface area contributed by atoms with Crippen molar-refractivity contribution in [3.8, 4) is 11.8 Å². The molecule has 1 unspecified atom stereocenters. The Morgan fingerprint density at radius 3 is 2.89 bits per heavy atom. The van der Waals surface area contributed by atoms with Crippen LogP contribution in [0.25, 0.3) is 0 Å². The van der Waals surface area contributed by atoms with Crippen LogP contribution in [0.5, 0.6) is 5.75 Å². The SMILES string of the molecule is COc1ccc2c(c1)CC(C#N)(NC1CC1)CC2. The van der Waals surface area contributed by atoms with Gasteiger partial charge in [-0.15, -0.1) is 0 Å². The smallest absolute Gasteiger partial charge is 0.119 e. The Hall–Kier alpha value is -1.53. The largest absolute Gasteiger partial charge is 0.497 e. The first-order valence-electron chi connectivity index (χ1n) is 6.59. The molecule has 18 heavy (non-hydrogen) atoms. The molecule has 1 fully saturated rings. The standard InChI is InChI=1S/C15H18N2O/c1-18-14-5-2-11-6-7-15(10-16,9-12(11)8-14)17-13-3-4-13/h2,5,8,13,17H,3-4,6-7,9H2,1H3. The van der Waals surface area contributed by atoms with Gasteiger partial charge in [0.25, 0.3) is 0 Å². The predicted octanol–water partition coefficient (Wildman–Crippen LogP) is 2.20. The lowest BCUT2D eigenvalue weighted by atomic mass is 9.78. The molecule has 1 aromatic rings. The van der Waals surface area contributed by atoms with Crippen LogP contribution in [-0.4, -0.2) is 18.7 Å². The van der Waals surface area contributed by atoms with Crippen LogP contribution in [-0.2, 0) is 12.8 Å². The fraction of sp³-hybridized carbons (Fsp3) is 0.533. The molecule has 0 aromatic heterocycles. The zero-order chi connectivity index (χ0) is 12.6. The van der Waals surface area contributed by atoms with Crippen molar-refractivity contribution in [1.82, 2.24) is 5.32 Å². The van der Waals surface area contributed by atoms with E-state index in [4.69, 9.17) is 4.74 Å². The first kappa shape index (κ1) is 11.6. The topological polar surface area (TPSA) is 45.0 Å². The average molecular weight is 242 g/mol. The summed E-state index contributed by atoms with van der Waals surface area (Å²) in [5.41, 5.74) is 2.26. The number of nitriles is 1. The number of hydrogen-bond donors (Lipinski definition) is 1. The second kappa shape index (κ2) is 4.29. The maximum atomic E-state index is 9.53. The highest BCUT2D eigenvalue weighted by Gasteiger charge is 2.39. The summed E-state index contributed by atoms with van der Waals surface area (Å²) in [6.45, 7) is 0. The number of nitrogens with zero attached hydrogens (tertiary/aromatic N) is 1. The van der Waals surface area contributed by atoms with E-state index in [2.05, 4.69) is 23.5 Å². The van der Waals surface area contributed by atoms with E-state index in [0.717, 1.165) is 25.0 Å². The summed E-state index contributed by atoms with van der Waals surface area (Å²) >= 11 is 0. The Kier molecular flexibility index (Phi) is 2.76. The number of aryl methyl sites for hydroxylation is 1. The third kappa shape index (κ3) is 2.09. The number of methoxy groups -OCH3 is 1. The van der Waals surface area contributed by atoms with Crippen LogP contribution >= 0.6 is 0 Å². The van der Waals surface area contributed by atoms with Gasteiger partial charge in [0.15, 0.2) is 0 Å². The number of fused-ring (bicyclic) bond motifs is 1. The van der Waals surface area contributed by atoms with Gasteiger partial charge in [-0.05, 0) is 48.9 Å². The Bertz CT molecular complexity index is 502. The zero-order valence-electron chi connectivity index (χ0n) is 10.7. The van der Waals surface area contributed by atoms with Gasteiger partial charge in [-0.3, -0.25) is 5.32 Å². The Morgan fingerprint density at radius 2 is 2.22 bits per heavy atom. The summed E-state index contributed by atoms with van der Waals surface area (Å²) in [4.78, 5) is 0. The molecule has 3 rings (SSSR count). The van der Waals surface area contributed by atoms with Crippen LogP contribution in [0, 0.1) is 11.3 Å². The van der Waals surface area contributed by atoms with Crippen LogP contribution in [0.15, 0.2) is 18.2 Å². The van der Waals surface area contributed by atoms with Gasteiger partial charge < -0.3 is 4.74 Å². The van der Waals surface area contributed by atoms with Crippen molar-refractivity contribution >= 4 is 0 Å². The minimum absolute atomic E-state index is 0.361. The highest BCUT2D eigenvalue weighted by Crippen LogP contribution is 2.33. The zero-order valence-corrected chi connectivity index (χ0v) is 10.7. The lowest BCUT2D eigenvalue weighted by Gasteiger charge is -2.33. The lowest BCUT2D eigenvalue weighted by molar-refractivity contribution is 0.360. The number of hydrogen-bond acceptors (Lipinski definition) is 3. The second-order valence-corrected chi connectivity index (χ2v) is 5.42. The lowest BCUT2D eigenvalue weighted by Crippen LogP contribution is -2.49. The molecule has 2 aliphatic rings. The quantitative estimate of drug-likeness (QED) is 0.883. The predicted molar refractivity (Wildman–Crippen MR) is 69.5 cm³/mol. The van der Waals surface area contributed by atoms with Crippen LogP contribution in [0.4, 0.5) is 0 Å². The Labute approximate surface area is 108 Å². The van der Waals surface area contributed by atoms with Crippen molar-refractivity contribution in [2.24, 2.45) is 0 Å². The average Bonchev–Trinajstić information content (AvgIpc) is 3.21. The van der Waals surface area contributed by atoms with Crippen LogP contribution in [0.2, 0.25) is 0 Å². The van der Waals surface area contributed by atoms with Gasteiger partial charge in [-0.2, -0.15) is 5.26 Å². The Morgan fingerprint density at radius 1 is 1.39 bits per heavy atom. The maximum absolute atomic E-state index is 9.53. The molecule has 0 amide bonds. The van der Waals surface area contributed by atoms with Crippen molar-refractivity contribution in [3.63, 3.8) is 0 Å². The normalized spacial score (nSPS) is 26.2. The first-order chi connectivity index (χ1) is 8.74. The number of benzene rings is 1. The first-order valence-corrected chi connectivity index (χ1v) is 6.59. The van der Waals surface area contributed by atoms with E-state index >= 15 is 0 Å². The molecule has 0 spiro atoms. The van der Waals surface area contributed by atoms with Gasteiger partial charge in [0, 0.05) is 12.5 Å². The van der Waals surface area contributed by atoms with E-state index in [9.17, 15) is 5.26 Å². The van der Waals surface area contributed by atoms with E-state index in [1.807, 2.05) is 6.07 Å². The highest BCUT2D eigenvalue weighted by molar-refractivity contribution is 5.40. The summed E-state index contributed by atoms with van der Waals surface area (Å²) in [6, 6.07) is 9.30. The van der Waals surface area contributed by atoms with Crippen molar-refractivity contribution < 1.29 is 4.74 Å². The van der Waals surface area contributed by atoms with Crippen molar-refractivity contribution in [3.05, 3.63) is 29.3 Å². The van der Waals surface area contributed by atoms with Crippen molar-refractivity contribution in [2.75, 3.05) is 7.11 Å². The third-order valence-electron chi connectivity index (χ3n) is 4.00. The van der Waals surface area contributed by atoms with Gasteiger partial charge in [0.05, 0.1) is 13.2 Å². The van der Waals surface area contributed by atoms with Gasteiger partial charge in [-0.25, -0.2) is 0 Å². The Balaban J connectivity index is 1.87. The van der Waals surface area contributed by atoms with Crippen molar-refractivity contribution in [1.29, 1.82) is 5.26 Å². The minimum atomic E-state index is -0.361. The summed E-state index contributed by atoms with van der Waals surface area (Å²) in [5, 5.41) is 13.1. The number of ether oxygens (including phenoxy) is 1. The van der Waals surface area contributed by atoms with E-state index in [1.165, 1.54) is 24.0 Å². The van der Waals surface area contributed by atoms with Gasteiger partial charge in [0.1, 0.15) is 11.3 Å². The van der Waals surface area contributed by atoms with Crippen molar-refractivity contribution in [2.45, 2.75) is 43.7 Å². The fourth-order valence-corrected chi connectivity index (χ4v) is 2.77. The molecule has 0 heterocycles. The monoisotopic (exact) mass is 242 g/mol. The highest BCUT2D eigenvalue weighted by atomic mass is 16.5. The summed E-state index contributed by atoms with van der Waals surface area (Å²) in [6.07, 6.45) is 5.13. The van der Waals surface area contributed by atoms with E-state index in [0.29, 0.717) is 6.04 Å². The van der Waals surface area contributed by atoms with Gasteiger partial charge >= 0.3 is 0 Å². The molecule has 1 atom stereocenters. The molecule has 3 heteroatoms. The van der Waals surface area contributed by atoms with E-state index < -0.39 is 0 Å². The summed E-state index contributed by atoms with van der Waals surface area (Å²) in [7, 11) is 1.69. The third-order valence-corrected chi connectivity index (χ3v) is 4.00. The molecular formula is C15H18N2O. The maximum Gasteiger partial charge on any atom is 0.119 e. The molecule has 2 aliphatic carbocycles. The van der Waals surface area contributed by atoms with Crippen LogP contribution in [0.1, 0.15) is 30.4 Å². The molecular weight excluding hydrogens is 224 g/mol. The van der Waals surface area contributed by atoms with E-state index in [-0.39, 0.29) is 5.54 Å². The summed E-state index contributed by atoms with van der Waals surface area (Å²) < 4.78 is 5.27. The van der Waals surface area contributed by atoms with Gasteiger partial charge in [-0.1, -0.05) is 6.07 Å². The van der Waals surface area contributed by atoms with Crippen LogP contribution in [0.3, 0.4) is 0 Å². The molecule has 0 saturated heterocycles. The fourth-order valence-electron chi connectivity index (χ4n) is 2.77. The molecule has 0 aliphatic heterocycles. The molecule has 3 nitrogen and oxygen atoms in total. The molecule has 1 aromatic carbocycles. The molecule has 0 radical (unpaired) electrons. The summed E-state index contributed by atoms with van der Waals surface area (Å²) in [5.74, 6) is 0.883. The van der Waals surface area contributed by atoms with Gasteiger partial charge in [0.2, 0.25) is 0 Å². The molecule has 1 saturated carbocycles. The van der Waals surface area contributed by atoms with Crippen LogP contribution < -0.4 is 10.1 Å².